The van der Waals surface area contributed by atoms with Crippen LogP contribution in [0.2, 0.25) is 0 Å². The lowest BCUT2D eigenvalue weighted by Gasteiger charge is -1.97. The first-order valence-electron chi connectivity index (χ1n) is 3.97. The second-order valence-electron chi connectivity index (χ2n) is 2.78. The van der Waals surface area contributed by atoms with Crippen molar-refractivity contribution in [2.75, 3.05) is 0 Å². The second kappa shape index (κ2) is 5.65. The Morgan fingerprint density at radius 1 is 1.00 bits per heavy atom. The van der Waals surface area contributed by atoms with Gasteiger partial charge in [-0.15, -0.1) is 0 Å². The van der Waals surface area contributed by atoms with E-state index in [2.05, 4.69) is 0 Å². The van der Waals surface area contributed by atoms with Gasteiger partial charge < -0.3 is 0 Å². The minimum Gasteiger partial charge on any atom is -0.279 e. The molecule has 0 atom stereocenters. The van der Waals surface area contributed by atoms with Crippen molar-refractivity contribution < 1.29 is 34.6 Å². The fourth-order valence-corrected chi connectivity index (χ4v) is 1.15. The average Bonchev–Trinajstić information content (AvgIpc) is 2.15. The molecule has 3 N–H and O–H groups in total. The average molecular weight is 307 g/mol. The van der Waals surface area contributed by atoms with Gasteiger partial charge in [0.1, 0.15) is 0 Å². The summed E-state index contributed by atoms with van der Waals surface area (Å²) in [5.74, 6) is 0. The summed E-state index contributed by atoms with van der Waals surface area (Å²) in [5, 5.41) is 4.83. The molecule has 0 radical (unpaired) electrons. The molecule has 18 heavy (non-hydrogen) atoms. The van der Waals surface area contributed by atoms with E-state index < -0.39 is 25.6 Å². The second-order valence-corrected chi connectivity index (χ2v) is 5.75. The molecule has 0 fully saturated rings. The molecule has 11 heteroatoms. The summed E-state index contributed by atoms with van der Waals surface area (Å²) in [6.07, 6.45) is 0. The summed E-state index contributed by atoms with van der Waals surface area (Å²) in [6.45, 7) is 0. The third-order valence-electron chi connectivity index (χ3n) is 1.36. The number of halogens is 3. The van der Waals surface area contributed by atoms with Crippen molar-refractivity contribution in [1.82, 2.24) is 0 Å². The molecule has 0 saturated carbocycles. The van der Waals surface area contributed by atoms with Crippen LogP contribution in [-0.2, 0) is 20.1 Å². The summed E-state index contributed by atoms with van der Waals surface area (Å²) in [4.78, 5) is 0.148. The van der Waals surface area contributed by atoms with Crippen molar-refractivity contribution >= 4 is 20.1 Å². The van der Waals surface area contributed by atoms with Gasteiger partial charge in [0.15, 0.2) is 0 Å². The van der Waals surface area contributed by atoms with Gasteiger partial charge in [0.2, 0.25) is 10.0 Å². The van der Waals surface area contributed by atoms with Crippen LogP contribution < -0.4 is 5.14 Å². The van der Waals surface area contributed by atoms with Crippen molar-refractivity contribution in [1.29, 1.82) is 0 Å². The van der Waals surface area contributed by atoms with Crippen LogP contribution in [0, 0.1) is 0 Å². The molecule has 0 unspecified atom stereocenters. The first-order valence-corrected chi connectivity index (χ1v) is 6.96. The lowest BCUT2D eigenvalue weighted by Crippen LogP contribution is -2.21. The third kappa shape index (κ3) is 5.95. The minimum atomic E-state index is -5.84. The van der Waals surface area contributed by atoms with Crippen molar-refractivity contribution in [3.63, 3.8) is 0 Å². The van der Waals surface area contributed by atoms with Crippen LogP contribution in [0.4, 0.5) is 13.2 Å². The molecule has 1 rings (SSSR count). The van der Waals surface area contributed by atoms with E-state index >= 15 is 0 Å². The number of hydrogen-bond acceptors (Lipinski definition) is 4. The van der Waals surface area contributed by atoms with E-state index in [-0.39, 0.29) is 4.90 Å². The number of sulfonamides is 1. The van der Waals surface area contributed by atoms with Crippen LogP contribution in [0.15, 0.2) is 35.2 Å². The Hall–Kier alpha value is -1.17. The summed E-state index contributed by atoms with van der Waals surface area (Å²) in [5.41, 5.74) is -5.53. The van der Waals surface area contributed by atoms with Crippen LogP contribution in [0.25, 0.3) is 0 Å². The Morgan fingerprint density at radius 3 is 1.50 bits per heavy atom. The van der Waals surface area contributed by atoms with E-state index in [1.165, 1.54) is 12.1 Å². The van der Waals surface area contributed by atoms with E-state index in [9.17, 15) is 21.6 Å². The maximum atomic E-state index is 10.7. The topological polar surface area (TPSA) is 115 Å². The molecule has 0 aliphatic carbocycles. The zero-order valence-corrected chi connectivity index (χ0v) is 10.1. The molecule has 6 nitrogen and oxygen atoms in total. The van der Waals surface area contributed by atoms with Gasteiger partial charge in [0.25, 0.3) is 0 Å². The Bertz CT molecular complexity index is 579. The van der Waals surface area contributed by atoms with Gasteiger partial charge in [0.05, 0.1) is 4.90 Å². The van der Waals surface area contributed by atoms with Gasteiger partial charge in [-0.1, -0.05) is 18.2 Å². The first kappa shape index (κ1) is 16.8. The largest absolute Gasteiger partial charge is 0.522 e. The maximum Gasteiger partial charge on any atom is 0.522 e. The fraction of sp³-hybridized carbons (Fsp3) is 0.143. The number of rotatable bonds is 1. The van der Waals surface area contributed by atoms with Crippen LogP contribution in [-0.4, -0.2) is 26.9 Å². The number of benzene rings is 1. The molecule has 1 aromatic carbocycles. The molecular formula is C7H8F3NO5S2. The standard InChI is InChI=1S/C6H7NO2S.CHF3O3S/c7-10(8,9)6-4-2-1-3-5-6;2-1(3,4)8(5,6)7/h1-5H,(H2,7,8,9);(H,5,6,7). The molecule has 0 aromatic heterocycles. The highest BCUT2D eigenvalue weighted by atomic mass is 32.2. The van der Waals surface area contributed by atoms with Crippen LogP contribution in [0.1, 0.15) is 0 Å². The molecule has 0 amide bonds. The Kier molecular flexibility index (Phi) is 5.28. The van der Waals surface area contributed by atoms with Crippen molar-refractivity contribution in [2.45, 2.75) is 10.4 Å². The molecule has 0 aliphatic rings. The molecule has 0 aliphatic heterocycles. The molecule has 0 saturated heterocycles. The normalized spacial score (nSPS) is 12.5. The zero-order chi connectivity index (χ0) is 14.6. The van der Waals surface area contributed by atoms with E-state index in [0.29, 0.717) is 0 Å². The van der Waals surface area contributed by atoms with Gasteiger partial charge in [-0.25, -0.2) is 13.6 Å². The highest BCUT2D eigenvalue weighted by Gasteiger charge is 2.44. The summed E-state index contributed by atoms with van der Waals surface area (Å²) in [6, 6.07) is 7.89. The van der Waals surface area contributed by atoms with Gasteiger partial charge in [-0.05, 0) is 12.1 Å². The van der Waals surface area contributed by atoms with E-state index in [1.54, 1.807) is 18.2 Å². The van der Waals surface area contributed by atoms with Crippen molar-refractivity contribution in [3.05, 3.63) is 30.3 Å². The maximum absolute atomic E-state index is 10.7. The Balaban J connectivity index is 0.000000331. The third-order valence-corrected chi connectivity index (χ3v) is 2.88. The monoisotopic (exact) mass is 307 g/mol. The summed E-state index contributed by atoms with van der Waals surface area (Å²) < 4.78 is 78.8. The van der Waals surface area contributed by atoms with Crippen LogP contribution in [0.5, 0.6) is 0 Å². The van der Waals surface area contributed by atoms with Gasteiger partial charge in [0, 0.05) is 0 Å². The molecule has 104 valence electrons. The van der Waals surface area contributed by atoms with Gasteiger partial charge in [-0.3, -0.25) is 4.55 Å². The van der Waals surface area contributed by atoms with Crippen LogP contribution >= 0.6 is 0 Å². The summed E-state index contributed by atoms with van der Waals surface area (Å²) in [7, 11) is -9.34. The van der Waals surface area contributed by atoms with E-state index in [4.69, 9.17) is 18.1 Å². The number of primary sulfonamides is 1. The quantitative estimate of drug-likeness (QED) is 0.586. The minimum absolute atomic E-state index is 0.148. The lowest BCUT2D eigenvalue weighted by molar-refractivity contribution is -0.0510. The zero-order valence-electron chi connectivity index (χ0n) is 8.49. The van der Waals surface area contributed by atoms with Crippen molar-refractivity contribution in [3.8, 4) is 0 Å². The smallest absolute Gasteiger partial charge is 0.279 e. The van der Waals surface area contributed by atoms with Gasteiger partial charge in [-0.2, -0.15) is 21.6 Å². The molecular weight excluding hydrogens is 299 g/mol. The Labute approximate surface area is 101 Å². The molecule has 0 bridgehead atoms. The summed E-state index contributed by atoms with van der Waals surface area (Å²) >= 11 is 0. The predicted molar refractivity (Wildman–Crippen MR) is 55.4 cm³/mol. The van der Waals surface area contributed by atoms with Crippen LogP contribution in [0.3, 0.4) is 0 Å². The number of nitrogens with two attached hydrogens (primary N) is 1. The highest BCUT2D eigenvalue weighted by Crippen LogP contribution is 2.20. The SMILES string of the molecule is NS(=O)(=O)c1ccccc1.O=S(=O)(O)C(F)(F)F. The fourth-order valence-electron chi connectivity index (χ4n) is 0.610. The number of alkyl halides is 3. The van der Waals surface area contributed by atoms with Gasteiger partial charge >= 0.3 is 15.6 Å². The Morgan fingerprint density at radius 2 is 1.33 bits per heavy atom. The van der Waals surface area contributed by atoms with Crippen molar-refractivity contribution in [2.24, 2.45) is 5.14 Å². The van der Waals surface area contributed by atoms with E-state index in [1.807, 2.05) is 0 Å². The number of hydrogen-bond donors (Lipinski definition) is 2. The first-order chi connectivity index (χ1) is 7.86. The molecule has 0 heterocycles. The van der Waals surface area contributed by atoms with E-state index in [0.717, 1.165) is 0 Å². The molecule has 1 aromatic rings. The highest BCUT2D eigenvalue weighted by molar-refractivity contribution is 7.89. The lowest BCUT2D eigenvalue weighted by atomic mass is 10.4. The predicted octanol–water partition coefficient (Wildman–Crippen LogP) is 0.728. The molecule has 0 spiro atoms.